The Hall–Kier alpha value is -0.380. The molecule has 0 aliphatic heterocycles. The van der Waals surface area contributed by atoms with E-state index in [2.05, 4.69) is 18.4 Å². The molecular weight excluding hydrogens is 176 g/mol. The fraction of sp³-hybridized carbons (Fsp3) is 0.818. The zero-order valence-corrected chi connectivity index (χ0v) is 9.28. The Morgan fingerprint density at radius 1 is 1.50 bits per heavy atom. The lowest BCUT2D eigenvalue weighted by Gasteiger charge is -2.22. The first-order valence-electron chi connectivity index (χ1n) is 5.42. The first-order valence-corrected chi connectivity index (χ1v) is 5.42. The molecular formula is C11H24N2O. The summed E-state index contributed by atoms with van der Waals surface area (Å²) < 4.78 is 0. The van der Waals surface area contributed by atoms with Crippen LogP contribution >= 0.6 is 0 Å². The van der Waals surface area contributed by atoms with Gasteiger partial charge in [0.05, 0.1) is 6.61 Å². The summed E-state index contributed by atoms with van der Waals surface area (Å²) in [7, 11) is 0. The summed E-state index contributed by atoms with van der Waals surface area (Å²) in [6, 6.07) is 0. The van der Waals surface area contributed by atoms with Crippen LogP contribution in [0.5, 0.6) is 0 Å². The van der Waals surface area contributed by atoms with Crippen molar-refractivity contribution in [3.8, 4) is 0 Å². The van der Waals surface area contributed by atoms with E-state index in [1.807, 2.05) is 6.08 Å². The van der Waals surface area contributed by atoms with Crippen LogP contribution in [0.25, 0.3) is 0 Å². The molecule has 0 amide bonds. The van der Waals surface area contributed by atoms with Crippen molar-refractivity contribution in [1.29, 1.82) is 0 Å². The number of aliphatic hydroxyl groups is 1. The normalized spacial score (nSPS) is 13.1. The molecule has 0 aliphatic carbocycles. The van der Waals surface area contributed by atoms with E-state index in [0.29, 0.717) is 5.92 Å². The molecule has 14 heavy (non-hydrogen) atoms. The van der Waals surface area contributed by atoms with Crippen molar-refractivity contribution in [2.45, 2.75) is 19.8 Å². The first-order chi connectivity index (χ1) is 6.78. The van der Waals surface area contributed by atoms with Gasteiger partial charge in [0, 0.05) is 13.1 Å². The third-order valence-corrected chi connectivity index (χ3v) is 2.57. The minimum Gasteiger partial charge on any atom is -0.395 e. The van der Waals surface area contributed by atoms with Gasteiger partial charge in [-0.3, -0.25) is 4.90 Å². The Labute approximate surface area is 87.6 Å². The number of hydrogen-bond donors (Lipinski definition) is 2. The summed E-state index contributed by atoms with van der Waals surface area (Å²) in [5.41, 5.74) is 5.63. The molecule has 0 aromatic rings. The molecule has 1 unspecified atom stereocenters. The molecule has 0 heterocycles. The predicted molar refractivity (Wildman–Crippen MR) is 61.2 cm³/mol. The molecule has 3 N–H and O–H groups in total. The van der Waals surface area contributed by atoms with Crippen LogP contribution in [0.4, 0.5) is 0 Å². The Balaban J connectivity index is 3.72. The molecule has 0 bridgehead atoms. The second-order valence-corrected chi connectivity index (χ2v) is 3.61. The lowest BCUT2D eigenvalue weighted by molar-refractivity contribution is 0.199. The Morgan fingerprint density at radius 3 is 2.64 bits per heavy atom. The third-order valence-electron chi connectivity index (χ3n) is 2.57. The number of aliphatic hydroxyl groups excluding tert-OH is 1. The average molecular weight is 200 g/mol. The van der Waals surface area contributed by atoms with E-state index in [9.17, 15) is 0 Å². The van der Waals surface area contributed by atoms with Crippen LogP contribution < -0.4 is 5.73 Å². The lowest BCUT2D eigenvalue weighted by Crippen LogP contribution is -2.30. The lowest BCUT2D eigenvalue weighted by atomic mass is 10.0. The first kappa shape index (κ1) is 13.6. The highest BCUT2D eigenvalue weighted by Gasteiger charge is 2.07. The van der Waals surface area contributed by atoms with Crippen molar-refractivity contribution < 1.29 is 5.11 Å². The Bertz CT molecular complexity index is 135. The van der Waals surface area contributed by atoms with E-state index >= 15 is 0 Å². The summed E-state index contributed by atoms with van der Waals surface area (Å²) in [5.74, 6) is 0.612. The van der Waals surface area contributed by atoms with Gasteiger partial charge < -0.3 is 10.8 Å². The SMILES string of the molecule is C=CCN(CCO)CCC(CC)CN. The predicted octanol–water partition coefficient (Wildman–Crippen LogP) is 0.842. The van der Waals surface area contributed by atoms with E-state index in [0.717, 1.165) is 39.0 Å². The van der Waals surface area contributed by atoms with Crippen molar-refractivity contribution in [2.75, 3.05) is 32.8 Å². The van der Waals surface area contributed by atoms with Crippen LogP contribution in [-0.4, -0.2) is 42.8 Å². The van der Waals surface area contributed by atoms with E-state index in [1.165, 1.54) is 0 Å². The molecule has 0 aromatic carbocycles. The molecule has 0 saturated heterocycles. The molecule has 0 spiro atoms. The van der Waals surface area contributed by atoms with Crippen molar-refractivity contribution >= 4 is 0 Å². The fourth-order valence-corrected chi connectivity index (χ4v) is 1.47. The monoisotopic (exact) mass is 200 g/mol. The Morgan fingerprint density at radius 2 is 2.21 bits per heavy atom. The summed E-state index contributed by atoms with van der Waals surface area (Å²) in [5, 5.41) is 8.84. The summed E-state index contributed by atoms with van der Waals surface area (Å²) in [6.45, 7) is 9.43. The van der Waals surface area contributed by atoms with Crippen molar-refractivity contribution in [3.05, 3.63) is 12.7 Å². The minimum atomic E-state index is 0.216. The van der Waals surface area contributed by atoms with Crippen LogP contribution in [0.1, 0.15) is 19.8 Å². The van der Waals surface area contributed by atoms with Crippen LogP contribution in [0.3, 0.4) is 0 Å². The highest BCUT2D eigenvalue weighted by molar-refractivity contribution is 4.74. The second-order valence-electron chi connectivity index (χ2n) is 3.61. The van der Waals surface area contributed by atoms with Crippen LogP contribution in [0.15, 0.2) is 12.7 Å². The van der Waals surface area contributed by atoms with Gasteiger partial charge in [-0.25, -0.2) is 0 Å². The average Bonchev–Trinajstić information content (AvgIpc) is 2.20. The van der Waals surface area contributed by atoms with Gasteiger partial charge in [-0.15, -0.1) is 6.58 Å². The van der Waals surface area contributed by atoms with E-state index in [-0.39, 0.29) is 6.61 Å². The second kappa shape index (κ2) is 9.19. The van der Waals surface area contributed by atoms with Crippen LogP contribution in [0.2, 0.25) is 0 Å². The molecule has 3 nitrogen and oxygen atoms in total. The number of hydrogen-bond acceptors (Lipinski definition) is 3. The van der Waals surface area contributed by atoms with Gasteiger partial charge in [-0.2, -0.15) is 0 Å². The molecule has 84 valence electrons. The maximum Gasteiger partial charge on any atom is 0.0558 e. The van der Waals surface area contributed by atoms with Gasteiger partial charge in [-0.05, 0) is 25.4 Å². The molecule has 0 radical (unpaired) electrons. The summed E-state index contributed by atoms with van der Waals surface area (Å²) >= 11 is 0. The van der Waals surface area contributed by atoms with Gasteiger partial charge in [-0.1, -0.05) is 19.4 Å². The number of nitrogens with zero attached hydrogens (tertiary/aromatic N) is 1. The highest BCUT2D eigenvalue weighted by atomic mass is 16.3. The van der Waals surface area contributed by atoms with E-state index in [4.69, 9.17) is 10.8 Å². The van der Waals surface area contributed by atoms with Crippen LogP contribution in [0, 0.1) is 5.92 Å². The topological polar surface area (TPSA) is 49.5 Å². The number of nitrogens with two attached hydrogens (primary N) is 1. The minimum absolute atomic E-state index is 0.216. The van der Waals surface area contributed by atoms with E-state index < -0.39 is 0 Å². The smallest absolute Gasteiger partial charge is 0.0558 e. The number of rotatable bonds is 9. The maximum atomic E-state index is 8.84. The Kier molecular flexibility index (Phi) is 8.94. The quantitative estimate of drug-likeness (QED) is 0.542. The molecule has 0 aromatic heterocycles. The van der Waals surface area contributed by atoms with Crippen molar-refractivity contribution in [3.63, 3.8) is 0 Å². The summed E-state index contributed by atoms with van der Waals surface area (Å²) in [4.78, 5) is 2.20. The third kappa shape index (κ3) is 6.13. The maximum absolute atomic E-state index is 8.84. The van der Waals surface area contributed by atoms with Crippen molar-refractivity contribution in [2.24, 2.45) is 11.7 Å². The molecule has 1 atom stereocenters. The fourth-order valence-electron chi connectivity index (χ4n) is 1.47. The zero-order valence-electron chi connectivity index (χ0n) is 9.28. The molecule has 0 fully saturated rings. The van der Waals surface area contributed by atoms with Gasteiger partial charge in [0.15, 0.2) is 0 Å². The molecule has 0 aliphatic rings. The summed E-state index contributed by atoms with van der Waals surface area (Å²) in [6.07, 6.45) is 4.12. The largest absolute Gasteiger partial charge is 0.395 e. The molecule has 3 heteroatoms. The van der Waals surface area contributed by atoms with Crippen molar-refractivity contribution in [1.82, 2.24) is 4.90 Å². The van der Waals surface area contributed by atoms with Gasteiger partial charge >= 0.3 is 0 Å². The molecule has 0 saturated carbocycles. The zero-order chi connectivity index (χ0) is 10.8. The standard InChI is InChI=1S/C11H24N2O/c1-3-6-13(8-9-14)7-5-11(4-2)10-12/h3,11,14H,1,4-10,12H2,2H3. The van der Waals surface area contributed by atoms with Gasteiger partial charge in [0.1, 0.15) is 0 Å². The van der Waals surface area contributed by atoms with Gasteiger partial charge in [0.25, 0.3) is 0 Å². The van der Waals surface area contributed by atoms with Gasteiger partial charge in [0.2, 0.25) is 0 Å². The van der Waals surface area contributed by atoms with Crippen LogP contribution in [-0.2, 0) is 0 Å². The molecule has 0 rings (SSSR count). The van der Waals surface area contributed by atoms with E-state index in [1.54, 1.807) is 0 Å². The highest BCUT2D eigenvalue weighted by Crippen LogP contribution is 2.07.